The Morgan fingerprint density at radius 3 is 2.67 bits per heavy atom. The van der Waals surface area contributed by atoms with E-state index in [1.165, 1.54) is 25.4 Å². The smallest absolute Gasteiger partial charge is 0.393 e. The first-order valence-electron chi connectivity index (χ1n) is 10.9. The van der Waals surface area contributed by atoms with Crippen LogP contribution in [0.1, 0.15) is 45.2 Å². The lowest BCUT2D eigenvalue weighted by Gasteiger charge is -2.32. The highest BCUT2D eigenvalue weighted by molar-refractivity contribution is 6.05. The number of unbranched alkanes of at least 4 members (excludes halogenated alkanes) is 1. The van der Waals surface area contributed by atoms with Crippen LogP contribution in [0, 0.1) is 0 Å². The first kappa shape index (κ1) is 23.7. The minimum Gasteiger partial charge on any atom is -0.528 e. The standard InChI is InChI=1S/C21H29BN4O7/c1-6-7-8-30-11-25-9-12(13-15(25)18(28-4)24-10-23-13)14-16-17(32-21(2,3)31-16)19(29-5)26(14)20(27)33-22/h9-10,14,16-17,19H,6-8,11H2,1-5H3/t14-,16-,17-,19+/m0/s1. The quantitative estimate of drug-likeness (QED) is 0.433. The lowest BCUT2D eigenvalue weighted by atomic mass is 10.0. The zero-order chi connectivity index (χ0) is 23.8. The first-order chi connectivity index (χ1) is 15.9. The van der Waals surface area contributed by atoms with Crippen molar-refractivity contribution in [3.63, 3.8) is 0 Å². The Morgan fingerprint density at radius 2 is 2.00 bits per heavy atom. The number of rotatable bonds is 8. The minimum atomic E-state index is -0.864. The summed E-state index contributed by atoms with van der Waals surface area (Å²) < 4.78 is 35.7. The van der Waals surface area contributed by atoms with Gasteiger partial charge in [-0.3, -0.25) is 4.90 Å². The molecule has 2 radical (unpaired) electrons. The molecule has 2 aliphatic rings. The summed E-state index contributed by atoms with van der Waals surface area (Å²) in [5.74, 6) is -0.475. The van der Waals surface area contributed by atoms with Gasteiger partial charge >= 0.3 is 14.1 Å². The second kappa shape index (κ2) is 9.45. The van der Waals surface area contributed by atoms with E-state index in [0.717, 1.165) is 12.8 Å². The lowest BCUT2D eigenvalue weighted by Crippen LogP contribution is -2.44. The highest BCUT2D eigenvalue weighted by atomic mass is 16.8. The second-order valence-electron chi connectivity index (χ2n) is 8.45. The van der Waals surface area contributed by atoms with Crippen LogP contribution in [0.2, 0.25) is 0 Å². The summed E-state index contributed by atoms with van der Waals surface area (Å²) >= 11 is 0. The second-order valence-corrected chi connectivity index (χ2v) is 8.45. The summed E-state index contributed by atoms with van der Waals surface area (Å²) in [6.07, 6.45) is 2.58. The van der Waals surface area contributed by atoms with Gasteiger partial charge in [0, 0.05) is 25.5 Å². The van der Waals surface area contributed by atoms with E-state index in [9.17, 15) is 4.79 Å². The van der Waals surface area contributed by atoms with Crippen LogP contribution in [-0.4, -0.2) is 78.6 Å². The van der Waals surface area contributed by atoms with Gasteiger partial charge in [0.05, 0.1) is 13.2 Å². The van der Waals surface area contributed by atoms with E-state index >= 15 is 0 Å². The van der Waals surface area contributed by atoms with Gasteiger partial charge < -0.3 is 32.9 Å². The third-order valence-corrected chi connectivity index (χ3v) is 5.91. The Hall–Kier alpha value is -2.41. The molecule has 2 fully saturated rings. The maximum atomic E-state index is 12.8. The van der Waals surface area contributed by atoms with Gasteiger partial charge in [-0.2, -0.15) is 4.98 Å². The van der Waals surface area contributed by atoms with Crippen molar-refractivity contribution in [3.8, 4) is 5.88 Å². The zero-order valence-corrected chi connectivity index (χ0v) is 19.5. The summed E-state index contributed by atoms with van der Waals surface area (Å²) in [6.45, 7) is 6.60. The van der Waals surface area contributed by atoms with Crippen molar-refractivity contribution < 1.29 is 33.1 Å². The number of carbonyl (C=O) groups is 1. The van der Waals surface area contributed by atoms with Crippen molar-refractivity contribution in [1.82, 2.24) is 19.4 Å². The molecule has 12 heteroatoms. The molecule has 1 amide bonds. The summed E-state index contributed by atoms with van der Waals surface area (Å²) in [5.41, 5.74) is 1.92. The number of nitrogens with zero attached hydrogens (tertiary/aromatic N) is 4. The molecular weight excluding hydrogens is 431 g/mol. The predicted octanol–water partition coefficient (Wildman–Crippen LogP) is 2.28. The fraction of sp³-hybridized carbons (Fsp3) is 0.667. The molecule has 11 nitrogen and oxygen atoms in total. The summed E-state index contributed by atoms with van der Waals surface area (Å²) in [5, 5.41) is 0. The Kier molecular flexibility index (Phi) is 6.80. The van der Waals surface area contributed by atoms with Crippen molar-refractivity contribution in [3.05, 3.63) is 18.1 Å². The SMILES string of the molecule is [B]OC(=O)N1[C@H](OC)[C@H]2OC(C)(C)O[C@H]2[C@@H]1c1cn(COCCCC)c2c(OC)ncnc12. The monoisotopic (exact) mass is 460 g/mol. The molecule has 4 rings (SSSR count). The topological polar surface area (TPSA) is 106 Å². The number of ether oxygens (including phenoxy) is 5. The first-order valence-corrected chi connectivity index (χ1v) is 10.9. The van der Waals surface area contributed by atoms with Gasteiger partial charge in [-0.15, -0.1) is 0 Å². The van der Waals surface area contributed by atoms with Gasteiger partial charge in [0.2, 0.25) is 5.88 Å². The highest BCUT2D eigenvalue weighted by Crippen LogP contribution is 2.49. The van der Waals surface area contributed by atoms with E-state index in [-0.39, 0.29) is 6.73 Å². The predicted molar refractivity (Wildman–Crippen MR) is 116 cm³/mol. The van der Waals surface area contributed by atoms with Crippen LogP contribution in [0.3, 0.4) is 0 Å². The summed E-state index contributed by atoms with van der Waals surface area (Å²) in [4.78, 5) is 22.9. The molecule has 2 aromatic heterocycles. The molecule has 0 aliphatic carbocycles. The largest absolute Gasteiger partial charge is 0.528 e. The van der Waals surface area contributed by atoms with E-state index in [4.69, 9.17) is 31.7 Å². The van der Waals surface area contributed by atoms with E-state index < -0.39 is 36.4 Å². The van der Waals surface area contributed by atoms with Crippen molar-refractivity contribution in [1.29, 1.82) is 0 Å². The van der Waals surface area contributed by atoms with Crippen LogP contribution in [0.15, 0.2) is 12.5 Å². The molecule has 0 aromatic carbocycles. The molecule has 0 N–H and O–H groups in total. The van der Waals surface area contributed by atoms with Crippen molar-refractivity contribution in [2.24, 2.45) is 0 Å². The van der Waals surface area contributed by atoms with Gasteiger partial charge in [0.15, 0.2) is 12.0 Å². The number of fused-ring (bicyclic) bond motifs is 2. The zero-order valence-electron chi connectivity index (χ0n) is 19.5. The summed E-state index contributed by atoms with van der Waals surface area (Å²) in [7, 11) is 8.30. The summed E-state index contributed by atoms with van der Waals surface area (Å²) in [6, 6.07) is -0.656. The molecule has 2 aliphatic heterocycles. The maximum Gasteiger partial charge on any atom is 0.393 e. The van der Waals surface area contributed by atoms with Gasteiger partial charge in [0.1, 0.15) is 36.3 Å². The fourth-order valence-electron chi connectivity index (χ4n) is 4.61. The number of hydrogen-bond acceptors (Lipinski definition) is 9. The average Bonchev–Trinajstić information content (AvgIpc) is 3.41. The lowest BCUT2D eigenvalue weighted by molar-refractivity contribution is -0.186. The van der Waals surface area contributed by atoms with Crippen LogP contribution >= 0.6 is 0 Å². The maximum absolute atomic E-state index is 12.8. The van der Waals surface area contributed by atoms with E-state index in [0.29, 0.717) is 29.1 Å². The van der Waals surface area contributed by atoms with Crippen molar-refractivity contribution >= 4 is 25.2 Å². The number of carbonyl (C=O) groups excluding carboxylic acids is 1. The number of amides is 1. The molecule has 0 bridgehead atoms. The van der Waals surface area contributed by atoms with Crippen LogP contribution in [0.5, 0.6) is 5.88 Å². The molecule has 4 heterocycles. The van der Waals surface area contributed by atoms with Gasteiger partial charge in [-0.25, -0.2) is 9.78 Å². The molecule has 178 valence electrons. The van der Waals surface area contributed by atoms with E-state index in [1.54, 1.807) is 0 Å². The Balaban J connectivity index is 1.83. The highest BCUT2D eigenvalue weighted by Gasteiger charge is 2.61. The number of aromatic nitrogens is 3. The van der Waals surface area contributed by atoms with Crippen LogP contribution < -0.4 is 4.74 Å². The molecule has 33 heavy (non-hydrogen) atoms. The van der Waals surface area contributed by atoms with Gasteiger partial charge in [0.25, 0.3) is 0 Å². The Bertz CT molecular complexity index is 1000. The number of likely N-dealkylation sites (tertiary alicyclic amines) is 1. The molecule has 0 saturated carbocycles. The Labute approximate surface area is 193 Å². The van der Waals surface area contributed by atoms with Crippen molar-refractivity contribution in [2.75, 3.05) is 20.8 Å². The van der Waals surface area contributed by atoms with Gasteiger partial charge in [-0.1, -0.05) is 13.3 Å². The molecule has 4 atom stereocenters. The van der Waals surface area contributed by atoms with Crippen LogP contribution in [0.25, 0.3) is 11.0 Å². The average molecular weight is 460 g/mol. The molecule has 2 aromatic rings. The fourth-order valence-corrected chi connectivity index (χ4v) is 4.61. The van der Waals surface area contributed by atoms with Crippen molar-refractivity contribution in [2.45, 2.75) is 70.6 Å². The molecule has 2 saturated heterocycles. The third kappa shape index (κ3) is 4.16. The van der Waals surface area contributed by atoms with E-state index in [1.807, 2.05) is 24.6 Å². The number of methoxy groups -OCH3 is 2. The number of hydrogen-bond donors (Lipinski definition) is 0. The van der Waals surface area contributed by atoms with Crippen LogP contribution in [0.4, 0.5) is 4.79 Å². The minimum absolute atomic E-state index is 0.263. The van der Waals surface area contributed by atoms with E-state index in [2.05, 4.69) is 21.5 Å². The normalized spacial score (nSPS) is 26.0. The van der Waals surface area contributed by atoms with Gasteiger partial charge in [-0.05, 0) is 20.3 Å². The third-order valence-electron chi connectivity index (χ3n) is 5.91. The molecule has 0 spiro atoms. The molecular formula is C21H29BN4O7. The Morgan fingerprint density at radius 1 is 1.24 bits per heavy atom. The molecule has 0 unspecified atom stereocenters. The van der Waals surface area contributed by atoms with Crippen LogP contribution in [-0.2, 0) is 30.3 Å².